The Kier molecular flexibility index (Phi) is 5.07. The highest BCUT2D eigenvalue weighted by Crippen LogP contribution is 2.45. The van der Waals surface area contributed by atoms with E-state index in [9.17, 15) is 4.79 Å². The number of carbonyl (C=O) groups is 1. The van der Waals surface area contributed by atoms with Crippen molar-refractivity contribution in [3.8, 4) is 16.9 Å². The van der Waals surface area contributed by atoms with E-state index in [1.807, 2.05) is 19.2 Å². The summed E-state index contributed by atoms with van der Waals surface area (Å²) in [6.45, 7) is 0.239. The smallest absolute Gasteiger partial charge is 0.238 e. The summed E-state index contributed by atoms with van der Waals surface area (Å²) in [5.41, 5.74) is 5.47. The molecule has 0 atom stereocenters. The summed E-state index contributed by atoms with van der Waals surface area (Å²) >= 11 is 6.06. The van der Waals surface area contributed by atoms with Gasteiger partial charge in [-0.25, -0.2) is 0 Å². The van der Waals surface area contributed by atoms with E-state index in [2.05, 4.69) is 46.6 Å². The molecule has 4 nitrogen and oxygen atoms in total. The number of amides is 1. The van der Waals surface area contributed by atoms with E-state index in [0.29, 0.717) is 16.5 Å². The Labute approximate surface area is 169 Å². The third kappa shape index (κ3) is 3.37. The summed E-state index contributed by atoms with van der Waals surface area (Å²) in [6, 6.07) is 21.9. The number of ether oxygens (including phenoxy) is 1. The monoisotopic (exact) mass is 392 g/mol. The molecule has 5 heteroatoms. The molecular formula is C23H21ClN2O2. The maximum atomic E-state index is 12.7. The van der Waals surface area contributed by atoms with Gasteiger partial charge in [0.1, 0.15) is 5.75 Å². The van der Waals surface area contributed by atoms with Gasteiger partial charge in [0.2, 0.25) is 5.91 Å². The first-order valence-electron chi connectivity index (χ1n) is 9.10. The first kappa shape index (κ1) is 18.5. The zero-order valence-electron chi connectivity index (χ0n) is 15.8. The molecule has 0 spiro atoms. The first-order chi connectivity index (χ1) is 13.6. The Bertz CT molecular complexity index is 989. The first-order valence-corrected chi connectivity index (χ1v) is 9.48. The average molecular weight is 393 g/mol. The molecule has 0 saturated carbocycles. The van der Waals surface area contributed by atoms with E-state index in [1.165, 1.54) is 22.3 Å². The molecule has 1 aliphatic carbocycles. The van der Waals surface area contributed by atoms with Crippen LogP contribution in [0.1, 0.15) is 17.2 Å². The highest BCUT2D eigenvalue weighted by Gasteiger charge is 2.31. The molecule has 1 N–H and O–H groups in total. The lowest BCUT2D eigenvalue weighted by atomic mass is 10.0. The Balaban J connectivity index is 1.57. The number of fused-ring (bicyclic) bond motifs is 3. The number of hydrogen-bond acceptors (Lipinski definition) is 3. The van der Waals surface area contributed by atoms with E-state index in [4.69, 9.17) is 16.3 Å². The summed E-state index contributed by atoms with van der Waals surface area (Å²) in [6.07, 6.45) is 0. The van der Waals surface area contributed by atoms with Crippen molar-refractivity contribution >= 4 is 23.2 Å². The molecule has 0 fully saturated rings. The van der Waals surface area contributed by atoms with Crippen LogP contribution < -0.4 is 10.1 Å². The molecule has 3 aromatic rings. The van der Waals surface area contributed by atoms with Crippen LogP contribution in [0.25, 0.3) is 11.1 Å². The van der Waals surface area contributed by atoms with Crippen LogP contribution in [0.3, 0.4) is 0 Å². The predicted octanol–water partition coefficient (Wildman–Crippen LogP) is 4.99. The van der Waals surface area contributed by atoms with Gasteiger partial charge in [-0.15, -0.1) is 0 Å². The van der Waals surface area contributed by atoms with Crippen molar-refractivity contribution in [3.63, 3.8) is 0 Å². The van der Waals surface area contributed by atoms with Gasteiger partial charge in [0.05, 0.1) is 25.4 Å². The van der Waals surface area contributed by atoms with Gasteiger partial charge in [-0.2, -0.15) is 0 Å². The van der Waals surface area contributed by atoms with E-state index in [0.717, 1.165) is 0 Å². The van der Waals surface area contributed by atoms with E-state index >= 15 is 0 Å². The average Bonchev–Trinajstić information content (AvgIpc) is 3.02. The van der Waals surface area contributed by atoms with Crippen LogP contribution in [0.5, 0.6) is 5.75 Å². The lowest BCUT2D eigenvalue weighted by molar-refractivity contribution is -0.117. The minimum absolute atomic E-state index is 0.0411. The zero-order chi connectivity index (χ0) is 19.7. The van der Waals surface area contributed by atoms with Gasteiger partial charge in [-0.3, -0.25) is 9.69 Å². The molecule has 0 radical (unpaired) electrons. The van der Waals surface area contributed by atoms with Gasteiger partial charge in [0.15, 0.2) is 0 Å². The molecule has 4 rings (SSSR count). The Hall–Kier alpha value is -2.82. The number of rotatable bonds is 5. The van der Waals surface area contributed by atoms with E-state index < -0.39 is 0 Å². The summed E-state index contributed by atoms with van der Waals surface area (Å²) < 4.78 is 5.31. The van der Waals surface area contributed by atoms with Crippen molar-refractivity contribution in [1.29, 1.82) is 0 Å². The molecule has 3 aromatic carbocycles. The largest absolute Gasteiger partial charge is 0.495 e. The number of nitrogens with zero attached hydrogens (tertiary/aromatic N) is 1. The quantitative estimate of drug-likeness (QED) is 0.665. The van der Waals surface area contributed by atoms with Crippen LogP contribution >= 0.6 is 11.6 Å². The molecule has 1 amide bonds. The minimum Gasteiger partial charge on any atom is -0.495 e. The SMILES string of the molecule is COc1ccc(Cl)cc1NC(=O)CN(C)C1c2ccccc2-c2ccccc21. The number of carbonyl (C=O) groups excluding carboxylic acids is 1. The van der Waals surface area contributed by atoms with E-state index in [-0.39, 0.29) is 18.5 Å². The zero-order valence-corrected chi connectivity index (χ0v) is 16.5. The van der Waals surface area contributed by atoms with Crippen LogP contribution in [0.15, 0.2) is 66.7 Å². The molecule has 0 aliphatic heterocycles. The maximum absolute atomic E-state index is 12.7. The standard InChI is InChI=1S/C23H21ClN2O2/c1-26(14-22(27)25-20-13-15(24)11-12-21(20)28-2)23-18-9-5-3-7-16(18)17-8-4-6-10-19(17)23/h3-13,23H,14H2,1-2H3,(H,25,27). The Morgan fingerprint density at radius 3 is 2.25 bits per heavy atom. The maximum Gasteiger partial charge on any atom is 0.238 e. The van der Waals surface area contributed by atoms with Crippen LogP contribution in [0.2, 0.25) is 5.02 Å². The van der Waals surface area contributed by atoms with Crippen LogP contribution in [0.4, 0.5) is 5.69 Å². The number of anilines is 1. The summed E-state index contributed by atoms with van der Waals surface area (Å²) in [7, 11) is 3.54. The van der Waals surface area contributed by atoms with Crippen LogP contribution in [-0.2, 0) is 4.79 Å². The number of halogens is 1. The lowest BCUT2D eigenvalue weighted by Gasteiger charge is -2.26. The fourth-order valence-electron chi connectivity index (χ4n) is 3.89. The van der Waals surface area contributed by atoms with Crippen molar-refractivity contribution in [2.75, 3.05) is 26.0 Å². The minimum atomic E-state index is -0.120. The van der Waals surface area contributed by atoms with E-state index in [1.54, 1.807) is 25.3 Å². The second-order valence-electron chi connectivity index (χ2n) is 6.88. The highest BCUT2D eigenvalue weighted by atomic mass is 35.5. The van der Waals surface area contributed by atoms with Crippen LogP contribution in [-0.4, -0.2) is 31.5 Å². The summed E-state index contributed by atoms with van der Waals surface area (Å²) in [5.74, 6) is 0.460. The fourth-order valence-corrected chi connectivity index (χ4v) is 4.06. The topological polar surface area (TPSA) is 41.6 Å². The molecular weight excluding hydrogens is 372 g/mol. The number of methoxy groups -OCH3 is 1. The molecule has 0 saturated heterocycles. The van der Waals surface area contributed by atoms with Crippen molar-refractivity contribution in [1.82, 2.24) is 4.90 Å². The van der Waals surface area contributed by atoms with Gasteiger partial charge in [0.25, 0.3) is 0 Å². The second-order valence-corrected chi connectivity index (χ2v) is 7.32. The van der Waals surface area contributed by atoms with Crippen molar-refractivity contribution < 1.29 is 9.53 Å². The third-order valence-electron chi connectivity index (χ3n) is 5.07. The number of benzene rings is 3. The fraction of sp³-hybridized carbons (Fsp3) is 0.174. The molecule has 28 heavy (non-hydrogen) atoms. The lowest BCUT2D eigenvalue weighted by Crippen LogP contribution is -2.33. The Morgan fingerprint density at radius 2 is 1.64 bits per heavy atom. The van der Waals surface area contributed by atoms with Crippen molar-refractivity contribution in [2.24, 2.45) is 0 Å². The van der Waals surface area contributed by atoms with Gasteiger partial charge in [-0.1, -0.05) is 60.1 Å². The van der Waals surface area contributed by atoms with Crippen molar-refractivity contribution in [2.45, 2.75) is 6.04 Å². The number of likely N-dealkylation sites (N-methyl/N-ethyl adjacent to an activating group) is 1. The van der Waals surface area contributed by atoms with Gasteiger partial charge in [-0.05, 0) is 47.5 Å². The molecule has 0 bridgehead atoms. The molecule has 0 aromatic heterocycles. The molecule has 1 aliphatic rings. The summed E-state index contributed by atoms with van der Waals surface area (Å²) in [5, 5.41) is 3.46. The highest BCUT2D eigenvalue weighted by molar-refractivity contribution is 6.31. The second kappa shape index (κ2) is 7.66. The van der Waals surface area contributed by atoms with Gasteiger partial charge < -0.3 is 10.1 Å². The predicted molar refractivity (Wildman–Crippen MR) is 113 cm³/mol. The van der Waals surface area contributed by atoms with Gasteiger partial charge >= 0.3 is 0 Å². The molecule has 0 unspecified atom stereocenters. The Morgan fingerprint density at radius 1 is 1.04 bits per heavy atom. The number of hydrogen-bond donors (Lipinski definition) is 1. The molecule has 142 valence electrons. The van der Waals surface area contributed by atoms with Gasteiger partial charge in [0, 0.05) is 5.02 Å². The normalized spacial score (nSPS) is 12.6. The third-order valence-corrected chi connectivity index (χ3v) is 5.31. The van der Waals surface area contributed by atoms with Crippen LogP contribution in [0, 0.1) is 0 Å². The van der Waals surface area contributed by atoms with Crippen molar-refractivity contribution in [3.05, 3.63) is 82.9 Å². The molecule has 0 heterocycles. The number of nitrogens with one attached hydrogen (secondary N) is 1. The summed E-state index contributed by atoms with van der Waals surface area (Å²) in [4.78, 5) is 14.8.